The molecule has 8 heteroatoms. The second-order valence-corrected chi connectivity index (χ2v) is 5.65. The molecule has 4 unspecified atom stereocenters. The van der Waals surface area contributed by atoms with Gasteiger partial charge < -0.3 is 31.9 Å². The zero-order valence-electron chi connectivity index (χ0n) is 13.2. The summed E-state index contributed by atoms with van der Waals surface area (Å²) in [5.41, 5.74) is 5.20. The molecule has 0 rings (SSSR count). The van der Waals surface area contributed by atoms with Gasteiger partial charge in [-0.1, -0.05) is 39.5 Å². The Hall–Kier alpha value is -1.22. The summed E-state index contributed by atoms with van der Waals surface area (Å²) in [5, 5.41) is 41.2. The van der Waals surface area contributed by atoms with Crippen LogP contribution in [0.15, 0.2) is 0 Å². The van der Waals surface area contributed by atoms with E-state index in [0.29, 0.717) is 25.7 Å². The molecule has 0 radical (unpaired) electrons. The Kier molecular flexibility index (Phi) is 7.96. The van der Waals surface area contributed by atoms with Crippen molar-refractivity contribution in [2.24, 2.45) is 11.5 Å². The Balaban J connectivity index is 5.79. The van der Waals surface area contributed by atoms with Gasteiger partial charge in [0.1, 0.15) is 11.7 Å². The number of hydrogen-bond donors (Lipinski definition) is 6. The molecule has 0 aliphatic carbocycles. The van der Waals surface area contributed by atoms with E-state index in [1.165, 1.54) is 0 Å². The van der Waals surface area contributed by atoms with E-state index in [-0.39, 0.29) is 12.8 Å². The second kappa shape index (κ2) is 8.42. The van der Waals surface area contributed by atoms with E-state index in [4.69, 9.17) is 11.5 Å². The van der Waals surface area contributed by atoms with E-state index in [0.717, 1.165) is 0 Å². The van der Waals surface area contributed by atoms with E-state index in [2.05, 4.69) is 0 Å². The minimum Gasteiger partial charge on any atom is -0.387 e. The Bertz CT molecular complexity index is 392. The van der Waals surface area contributed by atoms with Crippen molar-refractivity contribution < 1.29 is 30.0 Å². The van der Waals surface area contributed by atoms with E-state index in [1.807, 2.05) is 0 Å². The predicted molar refractivity (Wildman–Crippen MR) is 79.4 cm³/mol. The van der Waals surface area contributed by atoms with E-state index < -0.39 is 35.2 Å². The standard InChI is InChI=1S/C14H28N2O6/c1-3-5-7-13(21,10(18)9(17)11(15)19)14(22,12(16)20)8-6-4-2/h9-10,17-18,21-22H,3-8H2,1-2H3,(H2,15,19)(H2,16,20). The highest BCUT2D eigenvalue weighted by molar-refractivity contribution is 5.85. The van der Waals surface area contributed by atoms with Crippen molar-refractivity contribution in [2.45, 2.75) is 75.8 Å². The summed E-state index contributed by atoms with van der Waals surface area (Å²) in [6.07, 6.45) is -2.81. The minimum absolute atomic E-state index is 0.207. The van der Waals surface area contributed by atoms with Crippen LogP contribution in [-0.2, 0) is 9.59 Å². The summed E-state index contributed by atoms with van der Waals surface area (Å²) in [6, 6.07) is 0. The molecule has 0 aliphatic rings. The van der Waals surface area contributed by atoms with Gasteiger partial charge >= 0.3 is 0 Å². The van der Waals surface area contributed by atoms with Crippen LogP contribution in [-0.4, -0.2) is 55.7 Å². The number of primary amides is 2. The molecule has 4 atom stereocenters. The number of nitrogens with two attached hydrogens (primary N) is 2. The number of carbonyl (C=O) groups is 2. The van der Waals surface area contributed by atoms with Crippen LogP contribution in [0.2, 0.25) is 0 Å². The van der Waals surface area contributed by atoms with Gasteiger partial charge in [0, 0.05) is 0 Å². The lowest BCUT2D eigenvalue weighted by Gasteiger charge is -2.45. The van der Waals surface area contributed by atoms with Gasteiger partial charge in [0.25, 0.3) is 5.91 Å². The first-order valence-electron chi connectivity index (χ1n) is 7.48. The lowest BCUT2D eigenvalue weighted by molar-refractivity contribution is -0.224. The third-order valence-corrected chi connectivity index (χ3v) is 4.01. The number of hydrogen-bond acceptors (Lipinski definition) is 6. The SMILES string of the molecule is CCCCC(O)(C(N)=O)C(O)(CCCC)C(O)C(O)C(N)=O. The number of carbonyl (C=O) groups excluding carboxylic acids is 2. The van der Waals surface area contributed by atoms with Crippen molar-refractivity contribution in [1.29, 1.82) is 0 Å². The molecule has 8 N–H and O–H groups in total. The Morgan fingerprint density at radius 2 is 1.45 bits per heavy atom. The molecular formula is C14H28N2O6. The number of aliphatic hydroxyl groups excluding tert-OH is 2. The molecule has 0 fully saturated rings. The van der Waals surface area contributed by atoms with E-state index in [1.54, 1.807) is 13.8 Å². The fourth-order valence-electron chi connectivity index (χ4n) is 2.45. The molecule has 0 aromatic carbocycles. The van der Waals surface area contributed by atoms with Gasteiger partial charge in [-0.2, -0.15) is 0 Å². The molecule has 2 amide bonds. The average molecular weight is 320 g/mol. The van der Waals surface area contributed by atoms with Crippen LogP contribution in [0.4, 0.5) is 0 Å². The highest BCUT2D eigenvalue weighted by atomic mass is 16.4. The molecule has 0 aromatic heterocycles. The normalized spacial score (nSPS) is 19.7. The van der Waals surface area contributed by atoms with Gasteiger partial charge in [-0.05, 0) is 12.8 Å². The summed E-state index contributed by atoms with van der Waals surface area (Å²) < 4.78 is 0. The number of rotatable bonds is 11. The molecule has 130 valence electrons. The van der Waals surface area contributed by atoms with Crippen LogP contribution >= 0.6 is 0 Å². The number of amides is 2. The number of aliphatic hydroxyl groups is 4. The molecule has 0 saturated heterocycles. The maximum absolute atomic E-state index is 11.7. The number of unbranched alkanes of at least 4 members (excludes halogenated alkanes) is 2. The molecule has 8 nitrogen and oxygen atoms in total. The van der Waals surface area contributed by atoms with E-state index >= 15 is 0 Å². The Morgan fingerprint density at radius 1 is 1.00 bits per heavy atom. The summed E-state index contributed by atoms with van der Waals surface area (Å²) in [5.74, 6) is -2.50. The van der Waals surface area contributed by atoms with Crippen molar-refractivity contribution in [3.63, 3.8) is 0 Å². The summed E-state index contributed by atoms with van der Waals surface area (Å²) in [7, 11) is 0. The average Bonchev–Trinajstić information content (AvgIpc) is 2.47. The summed E-state index contributed by atoms with van der Waals surface area (Å²) in [6.45, 7) is 3.61. The third-order valence-electron chi connectivity index (χ3n) is 4.01. The van der Waals surface area contributed by atoms with Crippen molar-refractivity contribution >= 4 is 11.8 Å². The zero-order chi connectivity index (χ0) is 17.6. The molecule has 0 bridgehead atoms. The lowest BCUT2D eigenvalue weighted by atomic mass is 9.70. The largest absolute Gasteiger partial charge is 0.387 e. The smallest absolute Gasteiger partial charge is 0.252 e. The first kappa shape index (κ1) is 20.8. The minimum atomic E-state index is -2.48. The first-order chi connectivity index (χ1) is 10.1. The van der Waals surface area contributed by atoms with Gasteiger partial charge in [0.15, 0.2) is 11.7 Å². The highest BCUT2D eigenvalue weighted by Crippen LogP contribution is 2.36. The van der Waals surface area contributed by atoms with Crippen LogP contribution in [0.3, 0.4) is 0 Å². The molecule has 0 aromatic rings. The third kappa shape index (κ3) is 4.16. The van der Waals surface area contributed by atoms with Crippen molar-refractivity contribution in [3.8, 4) is 0 Å². The van der Waals surface area contributed by atoms with Crippen LogP contribution in [0.25, 0.3) is 0 Å². The maximum atomic E-state index is 11.7. The van der Waals surface area contributed by atoms with Crippen LogP contribution in [0, 0.1) is 0 Å². The summed E-state index contributed by atoms with van der Waals surface area (Å²) in [4.78, 5) is 22.8. The zero-order valence-corrected chi connectivity index (χ0v) is 13.2. The van der Waals surface area contributed by atoms with Gasteiger partial charge in [-0.25, -0.2) is 0 Å². The monoisotopic (exact) mass is 320 g/mol. The van der Waals surface area contributed by atoms with Crippen molar-refractivity contribution in [3.05, 3.63) is 0 Å². The van der Waals surface area contributed by atoms with Crippen molar-refractivity contribution in [2.75, 3.05) is 0 Å². The second-order valence-electron chi connectivity index (χ2n) is 5.65. The fraction of sp³-hybridized carbons (Fsp3) is 0.857. The van der Waals surface area contributed by atoms with Gasteiger partial charge in [0.2, 0.25) is 5.91 Å². The molecule has 22 heavy (non-hydrogen) atoms. The molecule has 0 spiro atoms. The molecule has 0 aliphatic heterocycles. The van der Waals surface area contributed by atoms with E-state index in [9.17, 15) is 30.0 Å². The van der Waals surface area contributed by atoms with Gasteiger partial charge in [-0.15, -0.1) is 0 Å². The Morgan fingerprint density at radius 3 is 1.82 bits per heavy atom. The molecule has 0 saturated carbocycles. The lowest BCUT2D eigenvalue weighted by Crippen LogP contribution is -2.70. The highest BCUT2D eigenvalue weighted by Gasteiger charge is 2.59. The van der Waals surface area contributed by atoms with Crippen LogP contribution < -0.4 is 11.5 Å². The van der Waals surface area contributed by atoms with Gasteiger partial charge in [-0.3, -0.25) is 9.59 Å². The van der Waals surface area contributed by atoms with Gasteiger partial charge in [0.05, 0.1) is 0 Å². The van der Waals surface area contributed by atoms with Crippen LogP contribution in [0.1, 0.15) is 52.4 Å². The molecular weight excluding hydrogens is 292 g/mol. The quantitative estimate of drug-likeness (QED) is 0.271. The predicted octanol–water partition coefficient (Wildman–Crippen LogP) is -1.48. The van der Waals surface area contributed by atoms with Crippen LogP contribution in [0.5, 0.6) is 0 Å². The molecule has 0 heterocycles. The maximum Gasteiger partial charge on any atom is 0.252 e. The fourth-order valence-corrected chi connectivity index (χ4v) is 2.45. The summed E-state index contributed by atoms with van der Waals surface area (Å²) >= 11 is 0. The van der Waals surface area contributed by atoms with Crippen molar-refractivity contribution in [1.82, 2.24) is 0 Å². The first-order valence-corrected chi connectivity index (χ1v) is 7.48. The Labute approximate surface area is 130 Å². The topological polar surface area (TPSA) is 167 Å².